The second kappa shape index (κ2) is 13.1. The lowest BCUT2D eigenvalue weighted by atomic mass is 9.88. The van der Waals surface area contributed by atoms with Crippen molar-refractivity contribution in [3.05, 3.63) is 71.8 Å². The minimum absolute atomic E-state index is 0.0971. The fourth-order valence-electron chi connectivity index (χ4n) is 5.11. The Morgan fingerprint density at radius 1 is 0.833 bits per heavy atom. The first-order chi connectivity index (χ1) is 17.6. The fourth-order valence-corrected chi connectivity index (χ4v) is 5.11. The van der Waals surface area contributed by atoms with Gasteiger partial charge in [0.15, 0.2) is 0 Å². The zero-order valence-corrected chi connectivity index (χ0v) is 20.9. The molecule has 2 aliphatic rings. The van der Waals surface area contributed by atoms with Gasteiger partial charge < -0.3 is 20.3 Å². The van der Waals surface area contributed by atoms with Gasteiger partial charge in [-0.1, -0.05) is 79.9 Å². The summed E-state index contributed by atoms with van der Waals surface area (Å²) in [6, 6.07) is 18.5. The van der Waals surface area contributed by atoms with Crippen molar-refractivity contribution in [3.8, 4) is 0 Å². The van der Waals surface area contributed by atoms with Crippen LogP contribution in [0.5, 0.6) is 0 Å². The maximum atomic E-state index is 13.5. The summed E-state index contributed by atoms with van der Waals surface area (Å²) in [5.74, 6) is 0.191. The topological polar surface area (TPSA) is 87.7 Å². The third kappa shape index (κ3) is 7.57. The number of piperidine rings is 1. The van der Waals surface area contributed by atoms with Gasteiger partial charge in [-0.15, -0.1) is 0 Å². The maximum absolute atomic E-state index is 13.5. The highest BCUT2D eigenvalue weighted by molar-refractivity contribution is 5.86. The minimum Gasteiger partial charge on any atom is -0.445 e. The van der Waals surface area contributed by atoms with Crippen LogP contribution < -0.4 is 10.6 Å². The van der Waals surface area contributed by atoms with Crippen molar-refractivity contribution in [2.45, 2.75) is 70.1 Å². The molecule has 4 rings (SSSR count). The second-order valence-corrected chi connectivity index (χ2v) is 9.89. The van der Waals surface area contributed by atoms with Crippen molar-refractivity contribution in [1.29, 1.82) is 0 Å². The summed E-state index contributed by atoms with van der Waals surface area (Å²) in [6.45, 7) is 1.26. The standard InChI is InChI=1S/C29H37N3O4/c33-27(24-14-8-3-9-15-24)30-25-16-18-32(19-17-25)28(34)26(20-22-10-4-1-5-11-22)31-29(35)36-21-23-12-6-2-7-13-23/h1-2,4-7,10-13,24-26H,3,8-9,14-21H2,(H,30,33)(H,31,35)/t26-/m0/s1. The zero-order valence-electron chi connectivity index (χ0n) is 20.9. The second-order valence-electron chi connectivity index (χ2n) is 9.89. The summed E-state index contributed by atoms with van der Waals surface area (Å²) in [5, 5.41) is 6.01. The number of hydrogen-bond donors (Lipinski definition) is 2. The Hall–Kier alpha value is -3.35. The molecule has 0 spiro atoms. The summed E-state index contributed by atoms with van der Waals surface area (Å²) >= 11 is 0. The molecule has 1 aliphatic carbocycles. The van der Waals surface area contributed by atoms with Crippen LogP contribution in [-0.4, -0.2) is 48.0 Å². The first-order valence-electron chi connectivity index (χ1n) is 13.2. The van der Waals surface area contributed by atoms with Gasteiger partial charge in [0.05, 0.1) is 0 Å². The molecule has 2 aromatic rings. The van der Waals surface area contributed by atoms with E-state index in [0.29, 0.717) is 19.5 Å². The van der Waals surface area contributed by atoms with Crippen LogP contribution in [0, 0.1) is 5.92 Å². The molecule has 36 heavy (non-hydrogen) atoms. The van der Waals surface area contributed by atoms with Crippen LogP contribution in [0.2, 0.25) is 0 Å². The van der Waals surface area contributed by atoms with Crippen LogP contribution in [-0.2, 0) is 27.4 Å². The third-order valence-electron chi connectivity index (χ3n) is 7.21. The smallest absolute Gasteiger partial charge is 0.408 e. The Morgan fingerprint density at radius 2 is 1.44 bits per heavy atom. The molecule has 0 radical (unpaired) electrons. The van der Waals surface area contributed by atoms with Crippen molar-refractivity contribution in [2.24, 2.45) is 5.92 Å². The number of nitrogens with zero attached hydrogens (tertiary/aromatic N) is 1. The number of likely N-dealkylation sites (tertiary alicyclic amines) is 1. The van der Waals surface area contributed by atoms with E-state index in [1.54, 1.807) is 4.90 Å². The van der Waals surface area contributed by atoms with E-state index in [0.717, 1.165) is 49.7 Å². The van der Waals surface area contributed by atoms with Crippen molar-refractivity contribution in [3.63, 3.8) is 0 Å². The number of rotatable bonds is 8. The summed E-state index contributed by atoms with van der Waals surface area (Å²) in [4.78, 5) is 40.5. The molecule has 1 heterocycles. The highest BCUT2D eigenvalue weighted by Crippen LogP contribution is 2.24. The third-order valence-corrected chi connectivity index (χ3v) is 7.21. The van der Waals surface area contributed by atoms with Crippen molar-refractivity contribution >= 4 is 17.9 Å². The van der Waals surface area contributed by atoms with Gasteiger partial charge in [0.1, 0.15) is 12.6 Å². The van der Waals surface area contributed by atoms with Crippen molar-refractivity contribution in [1.82, 2.24) is 15.5 Å². The quantitative estimate of drug-likeness (QED) is 0.579. The summed E-state index contributed by atoms with van der Waals surface area (Å²) in [7, 11) is 0. The van der Waals surface area contributed by atoms with Crippen LogP contribution in [0.4, 0.5) is 4.79 Å². The van der Waals surface area contributed by atoms with E-state index in [2.05, 4.69) is 10.6 Å². The van der Waals surface area contributed by atoms with Crippen LogP contribution in [0.1, 0.15) is 56.1 Å². The van der Waals surface area contributed by atoms with E-state index in [1.807, 2.05) is 60.7 Å². The number of amides is 3. The van der Waals surface area contributed by atoms with Crippen LogP contribution in [0.25, 0.3) is 0 Å². The molecule has 1 saturated carbocycles. The molecule has 1 saturated heterocycles. The normalized spacial score (nSPS) is 17.7. The Kier molecular flexibility index (Phi) is 9.36. The van der Waals surface area contributed by atoms with E-state index < -0.39 is 12.1 Å². The van der Waals surface area contributed by atoms with E-state index in [9.17, 15) is 14.4 Å². The highest BCUT2D eigenvalue weighted by atomic mass is 16.5. The van der Waals surface area contributed by atoms with E-state index in [4.69, 9.17) is 4.74 Å². The lowest BCUT2D eigenvalue weighted by Crippen LogP contribution is -2.54. The molecule has 2 N–H and O–H groups in total. The Labute approximate surface area is 213 Å². The number of alkyl carbamates (subject to hydrolysis) is 1. The van der Waals surface area contributed by atoms with E-state index in [1.165, 1.54) is 6.42 Å². The lowest BCUT2D eigenvalue weighted by Gasteiger charge is -2.35. The number of benzene rings is 2. The average Bonchev–Trinajstić information content (AvgIpc) is 2.93. The van der Waals surface area contributed by atoms with Gasteiger partial charge in [-0.05, 0) is 36.8 Å². The van der Waals surface area contributed by atoms with Gasteiger partial charge in [0.25, 0.3) is 0 Å². The molecule has 0 unspecified atom stereocenters. The molecular formula is C29H37N3O4. The first-order valence-corrected chi connectivity index (χ1v) is 13.2. The molecule has 1 atom stereocenters. The molecule has 7 nitrogen and oxygen atoms in total. The SMILES string of the molecule is O=C(N[C@@H](Cc1ccccc1)C(=O)N1CCC(NC(=O)C2CCCCC2)CC1)OCc1ccccc1. The van der Waals surface area contributed by atoms with Crippen molar-refractivity contribution in [2.75, 3.05) is 13.1 Å². The van der Waals surface area contributed by atoms with Gasteiger partial charge in [0, 0.05) is 31.5 Å². The zero-order chi connectivity index (χ0) is 25.2. The predicted molar refractivity (Wildman–Crippen MR) is 138 cm³/mol. The number of hydrogen-bond acceptors (Lipinski definition) is 4. The Morgan fingerprint density at radius 3 is 2.08 bits per heavy atom. The molecule has 0 bridgehead atoms. The average molecular weight is 492 g/mol. The monoisotopic (exact) mass is 491 g/mol. The van der Waals surface area contributed by atoms with E-state index in [-0.39, 0.29) is 30.4 Å². The Bertz CT molecular complexity index is 984. The van der Waals surface area contributed by atoms with E-state index >= 15 is 0 Å². The maximum Gasteiger partial charge on any atom is 0.408 e. The Balaban J connectivity index is 1.31. The predicted octanol–water partition coefficient (Wildman–Crippen LogP) is 4.21. The summed E-state index contributed by atoms with van der Waals surface area (Å²) in [6.07, 6.45) is 6.68. The van der Waals surface area contributed by atoms with Gasteiger partial charge in [-0.3, -0.25) is 9.59 Å². The molecule has 2 aromatic carbocycles. The fraction of sp³-hybridized carbons (Fsp3) is 0.483. The molecule has 1 aliphatic heterocycles. The van der Waals surface area contributed by atoms with Crippen LogP contribution >= 0.6 is 0 Å². The van der Waals surface area contributed by atoms with Gasteiger partial charge >= 0.3 is 6.09 Å². The number of ether oxygens (including phenoxy) is 1. The molecule has 3 amide bonds. The molecule has 2 fully saturated rings. The highest BCUT2D eigenvalue weighted by Gasteiger charge is 2.31. The summed E-state index contributed by atoms with van der Waals surface area (Å²) in [5.41, 5.74) is 1.85. The summed E-state index contributed by atoms with van der Waals surface area (Å²) < 4.78 is 5.38. The van der Waals surface area contributed by atoms with Gasteiger partial charge in [0.2, 0.25) is 11.8 Å². The van der Waals surface area contributed by atoms with Crippen LogP contribution in [0.3, 0.4) is 0 Å². The molecule has 7 heteroatoms. The lowest BCUT2D eigenvalue weighted by molar-refractivity contribution is -0.134. The molecule has 0 aromatic heterocycles. The first kappa shape index (κ1) is 25.7. The van der Waals surface area contributed by atoms with Gasteiger partial charge in [-0.25, -0.2) is 4.79 Å². The molecular weight excluding hydrogens is 454 g/mol. The number of carbonyl (C=O) groups excluding carboxylic acids is 3. The van der Waals surface area contributed by atoms with Gasteiger partial charge in [-0.2, -0.15) is 0 Å². The minimum atomic E-state index is -0.718. The van der Waals surface area contributed by atoms with Crippen molar-refractivity contribution < 1.29 is 19.1 Å². The largest absolute Gasteiger partial charge is 0.445 e. The number of nitrogens with one attached hydrogen (secondary N) is 2. The number of carbonyl (C=O) groups is 3. The molecule has 192 valence electrons. The van der Waals surface area contributed by atoms with Crippen LogP contribution in [0.15, 0.2) is 60.7 Å².